The Balaban J connectivity index is 1.32. The van der Waals surface area contributed by atoms with Crippen LogP contribution in [0.4, 0.5) is 0 Å². The number of aryl methyl sites for hydroxylation is 1. The smallest absolute Gasteiger partial charge is 0.252 e. The lowest BCUT2D eigenvalue weighted by atomic mass is 10.1. The van der Waals surface area contributed by atoms with E-state index in [1.54, 1.807) is 0 Å². The molecule has 2 heterocycles. The highest BCUT2D eigenvalue weighted by Crippen LogP contribution is 2.08. The first-order valence-corrected chi connectivity index (χ1v) is 10.0. The molecule has 26 heavy (non-hydrogen) atoms. The molecule has 138 valence electrons. The van der Waals surface area contributed by atoms with E-state index in [2.05, 4.69) is 22.3 Å². The second kappa shape index (κ2) is 9.50. The van der Waals surface area contributed by atoms with E-state index in [1.807, 2.05) is 39.9 Å². The van der Waals surface area contributed by atoms with Crippen molar-refractivity contribution in [2.45, 2.75) is 12.8 Å². The van der Waals surface area contributed by atoms with E-state index in [9.17, 15) is 9.59 Å². The molecule has 1 saturated heterocycles. The molecule has 1 aliphatic heterocycles. The molecule has 5 nitrogen and oxygen atoms in total. The molecule has 0 aliphatic carbocycles. The predicted molar refractivity (Wildman–Crippen MR) is 104 cm³/mol. The summed E-state index contributed by atoms with van der Waals surface area (Å²) in [4.78, 5) is 28.5. The second-order valence-electron chi connectivity index (χ2n) is 6.48. The molecule has 1 N–H and O–H groups in total. The van der Waals surface area contributed by atoms with Crippen LogP contribution in [0.5, 0.6) is 0 Å². The predicted octanol–water partition coefficient (Wildman–Crippen LogP) is 2.25. The molecule has 1 aromatic heterocycles. The van der Waals surface area contributed by atoms with Gasteiger partial charge in [-0.25, -0.2) is 0 Å². The molecule has 0 saturated carbocycles. The second-order valence-corrected chi connectivity index (χ2v) is 7.26. The SMILES string of the molecule is O=C(NCCN1CCN(C(=O)CCc2ccccc2)CC1)c1ccsc1. The molecular weight excluding hydrogens is 346 g/mol. The van der Waals surface area contributed by atoms with E-state index < -0.39 is 0 Å². The summed E-state index contributed by atoms with van der Waals surface area (Å²) in [6.07, 6.45) is 1.37. The third-order valence-corrected chi connectivity index (χ3v) is 5.38. The Morgan fingerprint density at radius 1 is 1.04 bits per heavy atom. The molecule has 0 atom stereocenters. The average molecular weight is 372 g/mol. The molecule has 1 aromatic carbocycles. The summed E-state index contributed by atoms with van der Waals surface area (Å²) < 4.78 is 0. The van der Waals surface area contributed by atoms with Crippen LogP contribution in [0.25, 0.3) is 0 Å². The minimum Gasteiger partial charge on any atom is -0.351 e. The van der Waals surface area contributed by atoms with Gasteiger partial charge in [-0.15, -0.1) is 0 Å². The maximum atomic E-state index is 12.4. The van der Waals surface area contributed by atoms with Gasteiger partial charge in [-0.2, -0.15) is 11.3 Å². The molecule has 0 radical (unpaired) electrons. The van der Waals surface area contributed by atoms with Crippen LogP contribution in [0.1, 0.15) is 22.3 Å². The summed E-state index contributed by atoms with van der Waals surface area (Å²) >= 11 is 1.53. The van der Waals surface area contributed by atoms with E-state index >= 15 is 0 Å². The molecule has 0 unspecified atom stereocenters. The monoisotopic (exact) mass is 371 g/mol. The molecule has 1 fully saturated rings. The summed E-state index contributed by atoms with van der Waals surface area (Å²) in [6.45, 7) is 4.73. The van der Waals surface area contributed by atoms with Gasteiger partial charge in [0.25, 0.3) is 5.91 Å². The highest BCUT2D eigenvalue weighted by atomic mass is 32.1. The molecule has 3 rings (SSSR count). The Morgan fingerprint density at radius 2 is 1.81 bits per heavy atom. The van der Waals surface area contributed by atoms with Crippen molar-refractivity contribution in [3.8, 4) is 0 Å². The van der Waals surface area contributed by atoms with Crippen LogP contribution in [0.3, 0.4) is 0 Å². The van der Waals surface area contributed by atoms with Crippen LogP contribution in [-0.2, 0) is 11.2 Å². The number of carbonyl (C=O) groups is 2. The van der Waals surface area contributed by atoms with Crippen molar-refractivity contribution in [3.05, 3.63) is 58.3 Å². The summed E-state index contributed by atoms with van der Waals surface area (Å²) in [5, 5.41) is 6.71. The van der Waals surface area contributed by atoms with E-state index in [0.29, 0.717) is 13.0 Å². The zero-order valence-electron chi connectivity index (χ0n) is 14.9. The minimum absolute atomic E-state index is 0.0130. The van der Waals surface area contributed by atoms with Gasteiger partial charge in [0.15, 0.2) is 0 Å². The Kier molecular flexibility index (Phi) is 6.80. The standard InChI is InChI=1S/C20H25N3O2S/c24-19(7-6-17-4-2-1-3-5-17)23-13-11-22(12-14-23)10-9-21-20(25)18-8-15-26-16-18/h1-5,8,15-16H,6-7,9-14H2,(H,21,25). The number of nitrogens with one attached hydrogen (secondary N) is 1. The van der Waals surface area contributed by atoms with Crippen LogP contribution < -0.4 is 5.32 Å². The van der Waals surface area contributed by atoms with Gasteiger partial charge in [-0.1, -0.05) is 30.3 Å². The number of amides is 2. The van der Waals surface area contributed by atoms with Crippen LogP contribution in [0.15, 0.2) is 47.2 Å². The number of carbonyl (C=O) groups excluding carboxylic acids is 2. The average Bonchev–Trinajstić information content (AvgIpc) is 3.22. The van der Waals surface area contributed by atoms with Gasteiger partial charge in [-0.05, 0) is 23.4 Å². The molecule has 2 amide bonds. The first-order chi connectivity index (χ1) is 12.7. The zero-order valence-corrected chi connectivity index (χ0v) is 15.7. The van der Waals surface area contributed by atoms with Gasteiger partial charge in [0.2, 0.25) is 5.91 Å². The number of thiophene rings is 1. The third-order valence-electron chi connectivity index (χ3n) is 4.69. The fourth-order valence-corrected chi connectivity index (χ4v) is 3.73. The lowest BCUT2D eigenvalue weighted by Crippen LogP contribution is -2.50. The maximum Gasteiger partial charge on any atom is 0.252 e. The minimum atomic E-state index is -0.0130. The van der Waals surface area contributed by atoms with Crippen molar-refractivity contribution in [2.75, 3.05) is 39.3 Å². The summed E-state index contributed by atoms with van der Waals surface area (Å²) in [7, 11) is 0. The lowest BCUT2D eigenvalue weighted by Gasteiger charge is -2.34. The maximum absolute atomic E-state index is 12.4. The summed E-state index contributed by atoms with van der Waals surface area (Å²) in [5.74, 6) is 0.222. The highest BCUT2D eigenvalue weighted by molar-refractivity contribution is 7.08. The normalized spacial score (nSPS) is 15.0. The van der Waals surface area contributed by atoms with Gasteiger partial charge in [-0.3, -0.25) is 14.5 Å². The van der Waals surface area contributed by atoms with Crippen molar-refractivity contribution in [1.29, 1.82) is 0 Å². The summed E-state index contributed by atoms with van der Waals surface area (Å²) in [5.41, 5.74) is 1.93. The quantitative estimate of drug-likeness (QED) is 0.812. The molecule has 2 aromatic rings. The van der Waals surface area contributed by atoms with Gasteiger partial charge in [0.05, 0.1) is 0 Å². The summed E-state index contributed by atoms with van der Waals surface area (Å²) in [6, 6.07) is 12.0. The van der Waals surface area contributed by atoms with E-state index in [0.717, 1.165) is 44.7 Å². The lowest BCUT2D eigenvalue weighted by molar-refractivity contribution is -0.132. The molecular formula is C20H25N3O2S. The highest BCUT2D eigenvalue weighted by Gasteiger charge is 2.20. The zero-order chi connectivity index (χ0) is 18.2. The number of piperazine rings is 1. The fourth-order valence-electron chi connectivity index (χ4n) is 3.10. The van der Waals surface area contributed by atoms with Crippen molar-refractivity contribution in [2.24, 2.45) is 0 Å². The van der Waals surface area contributed by atoms with E-state index in [-0.39, 0.29) is 11.8 Å². The van der Waals surface area contributed by atoms with Crippen molar-refractivity contribution < 1.29 is 9.59 Å². The van der Waals surface area contributed by atoms with Gasteiger partial charge in [0, 0.05) is 56.6 Å². The van der Waals surface area contributed by atoms with Gasteiger partial charge < -0.3 is 10.2 Å². The van der Waals surface area contributed by atoms with Gasteiger partial charge >= 0.3 is 0 Å². The first-order valence-electron chi connectivity index (χ1n) is 9.07. The van der Waals surface area contributed by atoms with E-state index in [4.69, 9.17) is 0 Å². The van der Waals surface area contributed by atoms with Crippen LogP contribution in [-0.4, -0.2) is 60.9 Å². The topological polar surface area (TPSA) is 52.7 Å². The van der Waals surface area contributed by atoms with Crippen LogP contribution in [0, 0.1) is 0 Å². The Labute approximate surface area is 158 Å². The number of nitrogens with zero attached hydrogens (tertiary/aromatic N) is 2. The number of rotatable bonds is 7. The molecule has 1 aliphatic rings. The van der Waals surface area contributed by atoms with Crippen molar-refractivity contribution >= 4 is 23.2 Å². The molecule has 6 heteroatoms. The molecule has 0 bridgehead atoms. The molecule has 0 spiro atoms. The number of hydrogen-bond acceptors (Lipinski definition) is 4. The van der Waals surface area contributed by atoms with Crippen LogP contribution >= 0.6 is 11.3 Å². The third kappa shape index (κ3) is 5.41. The Hall–Kier alpha value is -2.18. The Bertz CT molecular complexity index is 695. The van der Waals surface area contributed by atoms with Gasteiger partial charge in [0.1, 0.15) is 0 Å². The number of benzene rings is 1. The van der Waals surface area contributed by atoms with Crippen LogP contribution in [0.2, 0.25) is 0 Å². The largest absolute Gasteiger partial charge is 0.351 e. The van der Waals surface area contributed by atoms with Crippen molar-refractivity contribution in [3.63, 3.8) is 0 Å². The first kappa shape index (κ1) is 18.6. The van der Waals surface area contributed by atoms with Crippen molar-refractivity contribution in [1.82, 2.24) is 15.1 Å². The fraction of sp³-hybridized carbons (Fsp3) is 0.400. The Morgan fingerprint density at radius 3 is 2.50 bits per heavy atom. The number of hydrogen-bond donors (Lipinski definition) is 1. The van der Waals surface area contributed by atoms with E-state index in [1.165, 1.54) is 16.9 Å².